The molecule has 0 spiro atoms. The molecular weight excluding hydrogens is 367 g/mol. The zero-order valence-electron chi connectivity index (χ0n) is 16.5. The quantitative estimate of drug-likeness (QED) is 0.716. The van der Waals surface area contributed by atoms with E-state index in [9.17, 15) is 9.18 Å². The number of carbonyl (C=O) groups is 1. The predicted octanol–water partition coefficient (Wildman–Crippen LogP) is 3.98. The highest BCUT2D eigenvalue weighted by atomic mass is 19.1. The van der Waals surface area contributed by atoms with E-state index in [0.717, 1.165) is 12.1 Å². The molecule has 1 aliphatic rings. The fourth-order valence-corrected chi connectivity index (χ4v) is 3.81. The lowest BCUT2D eigenvalue weighted by molar-refractivity contribution is 0.0948. The van der Waals surface area contributed by atoms with Gasteiger partial charge in [-0.15, -0.1) is 0 Å². The fourth-order valence-electron chi connectivity index (χ4n) is 3.81. The smallest absolute Gasteiger partial charge is 0.270 e. The lowest BCUT2D eigenvalue weighted by Crippen LogP contribution is -2.29. The number of carbonyl (C=O) groups excluding carboxylic acids is 1. The molecule has 1 atom stereocenters. The number of aryl methyl sites for hydroxylation is 1. The van der Waals surface area contributed by atoms with Gasteiger partial charge in [-0.2, -0.15) is 0 Å². The van der Waals surface area contributed by atoms with Gasteiger partial charge in [-0.05, 0) is 49.9 Å². The summed E-state index contributed by atoms with van der Waals surface area (Å²) in [5, 5.41) is 2.84. The van der Waals surface area contributed by atoms with Crippen molar-refractivity contribution in [2.24, 2.45) is 0 Å². The summed E-state index contributed by atoms with van der Waals surface area (Å²) in [5.41, 5.74) is 3.28. The largest absolute Gasteiger partial charge is 0.350 e. The molecule has 0 bridgehead atoms. The van der Waals surface area contributed by atoms with Crippen LogP contribution in [0.1, 0.15) is 34.4 Å². The maximum atomic E-state index is 13.7. The third kappa shape index (κ3) is 3.97. The molecular formula is C23H23FN4O. The van der Waals surface area contributed by atoms with Crippen LogP contribution in [0.4, 0.5) is 15.9 Å². The number of fused-ring (bicyclic) bond motifs is 1. The number of benzene rings is 2. The first-order valence-corrected chi connectivity index (χ1v) is 9.77. The van der Waals surface area contributed by atoms with Gasteiger partial charge in [0.2, 0.25) is 0 Å². The topological polar surface area (TPSA) is 58.1 Å². The number of rotatable bonds is 5. The lowest BCUT2D eigenvalue weighted by Gasteiger charge is -2.24. The van der Waals surface area contributed by atoms with Crippen LogP contribution >= 0.6 is 0 Å². The van der Waals surface area contributed by atoms with Gasteiger partial charge in [0.05, 0.1) is 0 Å². The Kier molecular flexibility index (Phi) is 5.25. The molecule has 1 aromatic heterocycles. The first-order valence-electron chi connectivity index (χ1n) is 9.77. The van der Waals surface area contributed by atoms with Gasteiger partial charge < -0.3 is 10.2 Å². The third-order valence-electron chi connectivity index (χ3n) is 5.15. The fraction of sp³-hybridized carbons (Fsp3) is 0.261. The van der Waals surface area contributed by atoms with Crippen molar-refractivity contribution in [3.8, 4) is 0 Å². The van der Waals surface area contributed by atoms with E-state index in [1.54, 1.807) is 31.2 Å². The van der Waals surface area contributed by atoms with Crippen molar-refractivity contribution in [3.05, 3.63) is 83.1 Å². The van der Waals surface area contributed by atoms with E-state index >= 15 is 0 Å². The van der Waals surface area contributed by atoms with Crippen LogP contribution in [-0.2, 0) is 12.8 Å². The highest BCUT2D eigenvalue weighted by Crippen LogP contribution is 2.37. The molecule has 6 heteroatoms. The van der Waals surface area contributed by atoms with Crippen LogP contribution in [0.5, 0.6) is 0 Å². The number of halogens is 1. The molecule has 0 saturated carbocycles. The number of hydrogen-bond donors (Lipinski definition) is 1. The van der Waals surface area contributed by atoms with E-state index in [0.29, 0.717) is 35.9 Å². The molecule has 29 heavy (non-hydrogen) atoms. The van der Waals surface area contributed by atoms with E-state index in [-0.39, 0.29) is 17.8 Å². The minimum absolute atomic E-state index is 0.249. The molecule has 148 valence electrons. The molecule has 1 N–H and O–H groups in total. The van der Waals surface area contributed by atoms with E-state index in [2.05, 4.69) is 39.2 Å². The number of anilines is 2. The molecule has 1 unspecified atom stereocenters. The second-order valence-electron chi connectivity index (χ2n) is 7.31. The Balaban J connectivity index is 1.51. The van der Waals surface area contributed by atoms with Crippen LogP contribution in [0.15, 0.2) is 54.6 Å². The predicted molar refractivity (Wildman–Crippen MR) is 111 cm³/mol. The van der Waals surface area contributed by atoms with Crippen LogP contribution in [-0.4, -0.2) is 28.5 Å². The third-order valence-corrected chi connectivity index (χ3v) is 5.15. The first kappa shape index (κ1) is 19.1. The van der Waals surface area contributed by atoms with Crippen molar-refractivity contribution in [2.45, 2.75) is 32.7 Å². The van der Waals surface area contributed by atoms with E-state index < -0.39 is 0 Å². The maximum absolute atomic E-state index is 13.7. The number of hydrogen-bond acceptors (Lipinski definition) is 4. The van der Waals surface area contributed by atoms with Crippen molar-refractivity contribution in [3.63, 3.8) is 0 Å². The van der Waals surface area contributed by atoms with Gasteiger partial charge >= 0.3 is 0 Å². The van der Waals surface area contributed by atoms with Gasteiger partial charge in [0.1, 0.15) is 23.2 Å². The lowest BCUT2D eigenvalue weighted by atomic mass is 10.1. The molecule has 0 radical (unpaired) electrons. The summed E-state index contributed by atoms with van der Waals surface area (Å²) in [6, 6.07) is 16.8. The molecule has 1 amide bonds. The van der Waals surface area contributed by atoms with Crippen LogP contribution in [0.25, 0.3) is 0 Å². The summed E-state index contributed by atoms with van der Waals surface area (Å²) in [4.78, 5) is 23.7. The van der Waals surface area contributed by atoms with Crippen LogP contribution in [0, 0.1) is 12.7 Å². The highest BCUT2D eigenvalue weighted by Gasteiger charge is 2.28. The standard InChI is InChI=1S/C23H23FN4O/c1-15-13-18-8-4-6-10-21(18)28(15)22-14-20(26-16(2)27-22)23(29)25-12-11-17-7-3-5-9-19(17)24/h3-10,14-15H,11-13H2,1-2H3,(H,25,29). The SMILES string of the molecule is Cc1nc(C(=O)NCCc2ccccc2F)cc(N2c3ccccc3CC2C)n1. The summed E-state index contributed by atoms with van der Waals surface area (Å²) >= 11 is 0. The molecule has 0 fully saturated rings. The maximum Gasteiger partial charge on any atom is 0.270 e. The number of nitrogens with one attached hydrogen (secondary N) is 1. The van der Waals surface area contributed by atoms with Gasteiger partial charge in [0.25, 0.3) is 5.91 Å². The summed E-state index contributed by atoms with van der Waals surface area (Å²) in [6.45, 7) is 4.26. The Bertz CT molecular complexity index is 1050. The Morgan fingerprint density at radius 2 is 1.93 bits per heavy atom. The number of para-hydroxylation sites is 1. The molecule has 5 nitrogen and oxygen atoms in total. The summed E-state index contributed by atoms with van der Waals surface area (Å²) in [6.07, 6.45) is 1.36. The molecule has 4 rings (SSSR count). The van der Waals surface area contributed by atoms with Gasteiger partial charge in [0, 0.05) is 24.3 Å². The monoisotopic (exact) mass is 390 g/mol. The Hall–Kier alpha value is -3.28. The Morgan fingerprint density at radius 3 is 2.76 bits per heavy atom. The minimum atomic E-state index is -0.284. The average Bonchev–Trinajstić information content (AvgIpc) is 3.04. The van der Waals surface area contributed by atoms with E-state index in [1.807, 2.05) is 12.1 Å². The van der Waals surface area contributed by atoms with Crippen LogP contribution in [0.3, 0.4) is 0 Å². The van der Waals surface area contributed by atoms with Crippen molar-refractivity contribution in [1.82, 2.24) is 15.3 Å². The van der Waals surface area contributed by atoms with Gasteiger partial charge in [-0.25, -0.2) is 14.4 Å². The van der Waals surface area contributed by atoms with Crippen molar-refractivity contribution in [2.75, 3.05) is 11.4 Å². The average molecular weight is 390 g/mol. The Labute approximate surface area is 169 Å². The van der Waals surface area contributed by atoms with E-state index in [4.69, 9.17) is 0 Å². The number of nitrogens with zero attached hydrogens (tertiary/aromatic N) is 3. The van der Waals surface area contributed by atoms with Crippen molar-refractivity contribution in [1.29, 1.82) is 0 Å². The minimum Gasteiger partial charge on any atom is -0.350 e. The van der Waals surface area contributed by atoms with Crippen LogP contribution in [0.2, 0.25) is 0 Å². The molecule has 1 aliphatic heterocycles. The van der Waals surface area contributed by atoms with Crippen molar-refractivity contribution < 1.29 is 9.18 Å². The van der Waals surface area contributed by atoms with Gasteiger partial charge in [-0.3, -0.25) is 4.79 Å². The van der Waals surface area contributed by atoms with Gasteiger partial charge in [0.15, 0.2) is 0 Å². The molecule has 0 saturated heterocycles. The summed E-state index contributed by atoms with van der Waals surface area (Å²) in [7, 11) is 0. The van der Waals surface area contributed by atoms with Crippen LogP contribution < -0.4 is 10.2 Å². The second-order valence-corrected chi connectivity index (χ2v) is 7.31. The van der Waals surface area contributed by atoms with Crippen molar-refractivity contribution >= 4 is 17.4 Å². The van der Waals surface area contributed by atoms with Gasteiger partial charge in [-0.1, -0.05) is 36.4 Å². The zero-order valence-corrected chi connectivity index (χ0v) is 16.5. The number of aromatic nitrogens is 2. The number of amides is 1. The summed E-state index contributed by atoms with van der Waals surface area (Å²) in [5.74, 6) is 0.712. The summed E-state index contributed by atoms with van der Waals surface area (Å²) < 4.78 is 13.7. The molecule has 2 aromatic carbocycles. The molecule has 2 heterocycles. The highest BCUT2D eigenvalue weighted by molar-refractivity contribution is 5.93. The second kappa shape index (κ2) is 7.99. The van der Waals surface area contributed by atoms with E-state index in [1.165, 1.54) is 11.6 Å². The first-order chi connectivity index (χ1) is 14.0. The normalized spacial score (nSPS) is 15.3. The Morgan fingerprint density at radius 1 is 1.17 bits per heavy atom. The zero-order chi connectivity index (χ0) is 20.4. The molecule has 3 aromatic rings. The molecule has 0 aliphatic carbocycles.